The van der Waals surface area contributed by atoms with Gasteiger partial charge in [0.1, 0.15) is 5.82 Å². The van der Waals surface area contributed by atoms with Crippen molar-refractivity contribution in [3.05, 3.63) is 88.7 Å². The second-order valence-corrected chi connectivity index (χ2v) is 10.7. The quantitative estimate of drug-likeness (QED) is 0.449. The van der Waals surface area contributed by atoms with Crippen LogP contribution in [0.1, 0.15) is 70.3 Å². The van der Waals surface area contributed by atoms with Gasteiger partial charge in [-0.1, -0.05) is 45.0 Å². The van der Waals surface area contributed by atoms with E-state index < -0.39 is 11.7 Å². The lowest BCUT2D eigenvalue weighted by Crippen LogP contribution is -2.34. The van der Waals surface area contributed by atoms with Gasteiger partial charge in [0.25, 0.3) is 11.8 Å². The van der Waals surface area contributed by atoms with Crippen molar-refractivity contribution in [1.29, 1.82) is 0 Å². The zero-order chi connectivity index (χ0) is 26.9. The van der Waals surface area contributed by atoms with E-state index in [0.717, 1.165) is 24.6 Å². The van der Waals surface area contributed by atoms with Crippen LogP contribution in [-0.4, -0.2) is 30.3 Å². The van der Waals surface area contributed by atoms with Crippen LogP contribution in [0.15, 0.2) is 60.7 Å². The molecule has 3 N–H and O–H groups in total. The zero-order valence-electron chi connectivity index (χ0n) is 21.6. The van der Waals surface area contributed by atoms with Crippen molar-refractivity contribution in [2.45, 2.75) is 46.6 Å². The first-order valence-electron chi connectivity index (χ1n) is 12.4. The Morgan fingerprint density at radius 2 is 1.65 bits per heavy atom. The fraction of sp³-hybridized carbons (Fsp3) is 0.300. The molecule has 37 heavy (non-hydrogen) atoms. The van der Waals surface area contributed by atoms with E-state index >= 15 is 0 Å². The lowest BCUT2D eigenvalue weighted by molar-refractivity contribution is 0.0938. The Hall–Kier alpha value is -4.00. The molecule has 0 aromatic heterocycles. The first-order chi connectivity index (χ1) is 17.5. The minimum Gasteiger partial charge on any atom is -0.366 e. The maximum atomic E-state index is 14.8. The molecule has 0 saturated heterocycles. The van der Waals surface area contributed by atoms with Gasteiger partial charge in [-0.3, -0.25) is 14.4 Å². The highest BCUT2D eigenvalue weighted by atomic mass is 19.1. The molecular formula is C30H32FN3O3. The van der Waals surface area contributed by atoms with E-state index in [4.69, 9.17) is 5.73 Å². The van der Waals surface area contributed by atoms with E-state index in [1.54, 1.807) is 30.0 Å². The molecule has 1 fully saturated rings. The van der Waals surface area contributed by atoms with Gasteiger partial charge in [0, 0.05) is 35.0 Å². The monoisotopic (exact) mass is 501 g/mol. The Bertz CT molecular complexity index is 1360. The van der Waals surface area contributed by atoms with Crippen molar-refractivity contribution in [2.75, 3.05) is 11.4 Å². The van der Waals surface area contributed by atoms with Crippen LogP contribution in [0.4, 0.5) is 10.1 Å². The van der Waals surface area contributed by atoms with Crippen LogP contribution >= 0.6 is 0 Å². The summed E-state index contributed by atoms with van der Waals surface area (Å²) in [6, 6.07) is 16.8. The number of para-hydroxylation sites is 1. The second kappa shape index (κ2) is 10.2. The molecule has 6 nitrogen and oxygen atoms in total. The van der Waals surface area contributed by atoms with Crippen LogP contribution in [0.25, 0.3) is 11.1 Å². The molecule has 3 aromatic rings. The molecule has 1 aliphatic carbocycles. The van der Waals surface area contributed by atoms with Crippen LogP contribution in [0, 0.1) is 18.2 Å². The number of hydrogen-bond acceptors (Lipinski definition) is 3. The fourth-order valence-corrected chi connectivity index (χ4v) is 4.19. The smallest absolute Gasteiger partial charge is 0.259 e. The number of primary amides is 1. The molecule has 0 heterocycles. The third kappa shape index (κ3) is 5.88. The second-order valence-electron chi connectivity index (χ2n) is 10.7. The highest BCUT2D eigenvalue weighted by molar-refractivity contribution is 6.12. The molecule has 1 saturated carbocycles. The highest BCUT2D eigenvalue weighted by Gasteiger charge is 2.35. The van der Waals surface area contributed by atoms with Gasteiger partial charge in [-0.2, -0.15) is 0 Å². The third-order valence-corrected chi connectivity index (χ3v) is 6.38. The average molecular weight is 502 g/mol. The number of halogens is 1. The van der Waals surface area contributed by atoms with Crippen molar-refractivity contribution in [3.8, 4) is 11.1 Å². The molecule has 0 atom stereocenters. The molecule has 7 heteroatoms. The normalized spacial score (nSPS) is 13.2. The largest absolute Gasteiger partial charge is 0.366 e. The summed E-state index contributed by atoms with van der Waals surface area (Å²) < 4.78 is 14.8. The maximum Gasteiger partial charge on any atom is 0.259 e. The number of hydrogen-bond donors (Lipinski definition) is 2. The fourth-order valence-electron chi connectivity index (χ4n) is 4.19. The lowest BCUT2D eigenvalue weighted by atomic mass is 9.91. The number of benzene rings is 3. The summed E-state index contributed by atoms with van der Waals surface area (Å²) >= 11 is 0. The van der Waals surface area contributed by atoms with Crippen molar-refractivity contribution < 1.29 is 18.8 Å². The number of anilines is 1. The van der Waals surface area contributed by atoms with Crippen molar-refractivity contribution in [1.82, 2.24) is 5.32 Å². The van der Waals surface area contributed by atoms with Gasteiger partial charge in [0.2, 0.25) is 5.91 Å². The number of nitrogens with one attached hydrogen (secondary N) is 1. The third-order valence-electron chi connectivity index (χ3n) is 6.38. The molecular weight excluding hydrogens is 469 g/mol. The van der Waals surface area contributed by atoms with Crippen LogP contribution in [0.3, 0.4) is 0 Å². The first-order valence-corrected chi connectivity index (χ1v) is 12.4. The predicted octanol–water partition coefficient (Wildman–Crippen LogP) is 5.49. The number of rotatable bonds is 7. The summed E-state index contributed by atoms with van der Waals surface area (Å²) in [5.41, 5.74) is 7.75. The summed E-state index contributed by atoms with van der Waals surface area (Å²) in [6.07, 6.45) is 1.74. The number of nitrogens with two attached hydrogens (primary N) is 1. The molecule has 1 aliphatic rings. The zero-order valence-corrected chi connectivity index (χ0v) is 21.6. The van der Waals surface area contributed by atoms with E-state index in [0.29, 0.717) is 23.2 Å². The molecule has 192 valence electrons. The summed E-state index contributed by atoms with van der Waals surface area (Å²) in [6.45, 7) is 8.09. The minimum atomic E-state index is -0.768. The number of nitrogens with zero attached hydrogens (tertiary/aromatic N) is 1. The average Bonchev–Trinajstić information content (AvgIpc) is 3.69. The molecule has 3 amide bonds. The molecule has 0 spiro atoms. The summed E-state index contributed by atoms with van der Waals surface area (Å²) in [5.74, 6) is -1.96. The van der Waals surface area contributed by atoms with E-state index in [1.807, 2.05) is 51.1 Å². The molecule has 0 aliphatic heterocycles. The van der Waals surface area contributed by atoms with E-state index in [2.05, 4.69) is 5.32 Å². The Labute approximate surface area is 216 Å². The topological polar surface area (TPSA) is 92.5 Å². The molecule has 0 unspecified atom stereocenters. The highest BCUT2D eigenvalue weighted by Crippen LogP contribution is 2.36. The van der Waals surface area contributed by atoms with Crippen LogP contribution in [-0.2, 0) is 0 Å². The van der Waals surface area contributed by atoms with Gasteiger partial charge < -0.3 is 16.0 Å². The van der Waals surface area contributed by atoms with E-state index in [9.17, 15) is 18.8 Å². The Morgan fingerprint density at radius 1 is 0.973 bits per heavy atom. The van der Waals surface area contributed by atoms with Gasteiger partial charge in [-0.05, 0) is 78.3 Å². The Kier molecular flexibility index (Phi) is 7.16. The van der Waals surface area contributed by atoms with Gasteiger partial charge in [0.05, 0.1) is 0 Å². The molecule has 3 aromatic carbocycles. The standard InChI is InChI=1S/C30H32FN3O3/c1-18-24(15-20(27(32)35)16-26(18)31)23-13-10-19(28(36)33-17-30(2,3)4)14-25(23)29(37)34(22-11-12-22)21-8-6-5-7-9-21/h5-10,13-16,22H,11-12,17H2,1-4H3,(H2,32,35)(H,33,36). The predicted molar refractivity (Wildman–Crippen MR) is 143 cm³/mol. The lowest BCUT2D eigenvalue weighted by Gasteiger charge is -2.25. The minimum absolute atomic E-state index is 0.00519. The number of carbonyl (C=O) groups excluding carboxylic acids is 3. The van der Waals surface area contributed by atoms with E-state index in [1.165, 1.54) is 6.07 Å². The molecule has 0 radical (unpaired) electrons. The Morgan fingerprint density at radius 3 is 2.24 bits per heavy atom. The van der Waals surface area contributed by atoms with Crippen LogP contribution in [0.2, 0.25) is 0 Å². The first kappa shape index (κ1) is 26.1. The SMILES string of the molecule is Cc1c(F)cc(C(N)=O)cc1-c1ccc(C(=O)NCC(C)(C)C)cc1C(=O)N(c1ccccc1)C1CC1. The van der Waals surface area contributed by atoms with Gasteiger partial charge >= 0.3 is 0 Å². The molecule has 4 rings (SSSR count). The van der Waals surface area contributed by atoms with Crippen LogP contribution in [0.5, 0.6) is 0 Å². The summed E-state index contributed by atoms with van der Waals surface area (Å²) in [4.78, 5) is 40.8. The summed E-state index contributed by atoms with van der Waals surface area (Å²) in [5, 5.41) is 2.92. The van der Waals surface area contributed by atoms with E-state index in [-0.39, 0.29) is 40.0 Å². The van der Waals surface area contributed by atoms with Gasteiger partial charge in [0.15, 0.2) is 0 Å². The van der Waals surface area contributed by atoms with Crippen molar-refractivity contribution in [2.24, 2.45) is 11.1 Å². The summed E-state index contributed by atoms with van der Waals surface area (Å²) in [7, 11) is 0. The number of amides is 3. The van der Waals surface area contributed by atoms with Gasteiger partial charge in [-0.15, -0.1) is 0 Å². The molecule has 0 bridgehead atoms. The van der Waals surface area contributed by atoms with Crippen LogP contribution < -0.4 is 16.0 Å². The van der Waals surface area contributed by atoms with Crippen molar-refractivity contribution in [3.63, 3.8) is 0 Å². The maximum absolute atomic E-state index is 14.8. The number of carbonyl (C=O) groups is 3. The van der Waals surface area contributed by atoms with Gasteiger partial charge in [-0.25, -0.2) is 4.39 Å². The van der Waals surface area contributed by atoms with Crippen molar-refractivity contribution >= 4 is 23.4 Å². The Balaban J connectivity index is 1.87.